The van der Waals surface area contributed by atoms with Gasteiger partial charge in [-0.1, -0.05) is 0 Å². The van der Waals surface area contributed by atoms with E-state index in [4.69, 9.17) is 4.74 Å². The number of carbonyl (C=O) groups is 1. The number of carbonyl (C=O) groups excluding carboxylic acids is 1. The molecular weight excluding hydrogens is 308 g/mol. The highest BCUT2D eigenvalue weighted by Gasteiger charge is 2.29. The van der Waals surface area contributed by atoms with Crippen molar-refractivity contribution in [1.82, 2.24) is 19.6 Å². The van der Waals surface area contributed by atoms with Crippen molar-refractivity contribution in [1.29, 1.82) is 0 Å². The molecule has 7 nitrogen and oxygen atoms in total. The van der Waals surface area contributed by atoms with E-state index in [1.54, 1.807) is 6.20 Å². The highest BCUT2D eigenvalue weighted by atomic mass is 19.3. The Labute approximate surface area is 131 Å². The van der Waals surface area contributed by atoms with Gasteiger partial charge in [0.05, 0.1) is 23.8 Å². The molecule has 1 aliphatic carbocycles. The smallest absolute Gasteiger partial charge is 0.280 e. The maximum Gasteiger partial charge on any atom is 0.280 e. The number of aromatic nitrogens is 4. The molecule has 0 aliphatic heterocycles. The van der Waals surface area contributed by atoms with Crippen molar-refractivity contribution in [2.24, 2.45) is 0 Å². The number of alkyl halides is 2. The fourth-order valence-electron chi connectivity index (χ4n) is 2.30. The van der Waals surface area contributed by atoms with Crippen LogP contribution in [0.4, 0.5) is 14.5 Å². The van der Waals surface area contributed by atoms with Crippen LogP contribution >= 0.6 is 0 Å². The Hall–Kier alpha value is -2.29. The topological polar surface area (TPSA) is 74.0 Å². The Morgan fingerprint density at radius 2 is 2.30 bits per heavy atom. The summed E-state index contributed by atoms with van der Waals surface area (Å²) >= 11 is 0. The molecule has 0 radical (unpaired) electrons. The Kier molecular flexibility index (Phi) is 4.37. The molecule has 0 atom stereocenters. The van der Waals surface area contributed by atoms with Gasteiger partial charge < -0.3 is 10.1 Å². The zero-order valence-corrected chi connectivity index (χ0v) is 12.6. The molecule has 0 aromatic carbocycles. The van der Waals surface area contributed by atoms with Crippen LogP contribution in [0.15, 0.2) is 18.5 Å². The molecule has 1 N–H and O–H groups in total. The molecule has 0 saturated heterocycles. The first-order chi connectivity index (χ1) is 11.1. The molecular formula is C14H17F2N5O2. The lowest BCUT2D eigenvalue weighted by atomic mass is 10.3. The summed E-state index contributed by atoms with van der Waals surface area (Å²) < 4.78 is 33.6. The third kappa shape index (κ3) is 3.73. The van der Waals surface area contributed by atoms with Gasteiger partial charge in [-0.2, -0.15) is 10.2 Å². The van der Waals surface area contributed by atoms with Gasteiger partial charge in [0, 0.05) is 13.0 Å². The van der Waals surface area contributed by atoms with Crippen LogP contribution in [0.25, 0.3) is 0 Å². The van der Waals surface area contributed by atoms with E-state index < -0.39 is 12.3 Å². The van der Waals surface area contributed by atoms with E-state index in [1.165, 1.54) is 24.1 Å². The number of amides is 1. The van der Waals surface area contributed by atoms with E-state index in [2.05, 4.69) is 15.5 Å². The van der Waals surface area contributed by atoms with Crippen LogP contribution in [0.2, 0.25) is 0 Å². The van der Waals surface area contributed by atoms with Gasteiger partial charge in [-0.25, -0.2) is 13.5 Å². The van der Waals surface area contributed by atoms with Gasteiger partial charge >= 0.3 is 0 Å². The average Bonchev–Trinajstić information content (AvgIpc) is 3.12. The number of hydrogen-bond acceptors (Lipinski definition) is 4. The number of nitrogens with zero attached hydrogens (tertiary/aromatic N) is 4. The highest BCUT2D eigenvalue weighted by Crippen LogP contribution is 2.40. The summed E-state index contributed by atoms with van der Waals surface area (Å²) in [5, 5.41) is 10.7. The molecule has 2 aromatic heterocycles. The van der Waals surface area contributed by atoms with Crippen LogP contribution in [-0.2, 0) is 22.8 Å². The molecule has 23 heavy (non-hydrogen) atoms. The molecule has 1 fully saturated rings. The van der Waals surface area contributed by atoms with Gasteiger partial charge in [-0.05, 0) is 18.9 Å². The van der Waals surface area contributed by atoms with Crippen molar-refractivity contribution < 1.29 is 18.3 Å². The Morgan fingerprint density at radius 1 is 1.52 bits per heavy atom. The predicted octanol–water partition coefficient (Wildman–Crippen LogP) is 2.14. The minimum absolute atomic E-state index is 0.225. The second kappa shape index (κ2) is 6.45. The van der Waals surface area contributed by atoms with Crippen molar-refractivity contribution in [2.75, 3.05) is 12.4 Å². The number of rotatable bonds is 7. The monoisotopic (exact) mass is 325 g/mol. The van der Waals surface area contributed by atoms with Crippen molar-refractivity contribution in [3.8, 4) is 0 Å². The number of methoxy groups -OCH3 is 1. The lowest BCUT2D eigenvalue weighted by Crippen LogP contribution is -2.21. The molecule has 0 spiro atoms. The van der Waals surface area contributed by atoms with Gasteiger partial charge in [0.25, 0.3) is 6.43 Å². The summed E-state index contributed by atoms with van der Waals surface area (Å²) in [5.41, 5.74) is 0.887. The molecule has 3 rings (SSSR count). The van der Waals surface area contributed by atoms with Crippen LogP contribution < -0.4 is 5.32 Å². The number of ether oxygens (including phenoxy) is 1. The van der Waals surface area contributed by atoms with E-state index in [9.17, 15) is 13.6 Å². The second-order valence-electron chi connectivity index (χ2n) is 5.46. The van der Waals surface area contributed by atoms with Crippen molar-refractivity contribution in [3.05, 3.63) is 29.8 Å². The van der Waals surface area contributed by atoms with Crippen LogP contribution in [0.1, 0.15) is 36.6 Å². The molecule has 0 unspecified atom stereocenters. The summed E-state index contributed by atoms with van der Waals surface area (Å²) in [5.74, 6) is -0.182. The molecule has 2 aromatic rings. The van der Waals surface area contributed by atoms with Gasteiger partial charge in [0.15, 0.2) is 0 Å². The van der Waals surface area contributed by atoms with E-state index in [-0.39, 0.29) is 24.9 Å². The lowest BCUT2D eigenvalue weighted by molar-refractivity contribution is -0.117. The van der Waals surface area contributed by atoms with Crippen LogP contribution in [0.5, 0.6) is 0 Å². The Morgan fingerprint density at radius 3 is 2.96 bits per heavy atom. The highest BCUT2D eigenvalue weighted by molar-refractivity contribution is 5.90. The second-order valence-corrected chi connectivity index (χ2v) is 5.46. The van der Waals surface area contributed by atoms with Gasteiger partial charge in [-0.15, -0.1) is 0 Å². The molecule has 0 bridgehead atoms. The number of halogens is 2. The van der Waals surface area contributed by atoms with Crippen molar-refractivity contribution in [2.45, 2.75) is 38.5 Å². The molecule has 1 aliphatic rings. The molecule has 1 amide bonds. The summed E-state index contributed by atoms with van der Waals surface area (Å²) in [4.78, 5) is 12.0. The first kappa shape index (κ1) is 15.6. The summed E-state index contributed by atoms with van der Waals surface area (Å²) in [6.07, 6.45) is 2.32. The fraction of sp³-hybridized carbons (Fsp3) is 0.500. The summed E-state index contributed by atoms with van der Waals surface area (Å²) in [7, 11) is 1.53. The normalized spacial score (nSPS) is 14.4. The first-order valence-electron chi connectivity index (χ1n) is 7.24. The van der Waals surface area contributed by atoms with Crippen molar-refractivity contribution in [3.63, 3.8) is 0 Å². The zero-order valence-electron chi connectivity index (χ0n) is 12.6. The van der Waals surface area contributed by atoms with E-state index in [0.29, 0.717) is 11.4 Å². The maximum atomic E-state index is 13.1. The minimum atomic E-state index is -2.66. The standard InChI is InChI=1S/C14H17F2N5O2/c1-23-8-20-6-10(5-17-20)18-13(22)7-21-12(14(15)16)4-11(19-21)9-2-3-9/h4-6,9,14H,2-3,7-8H2,1H3,(H,18,22). The van der Waals surface area contributed by atoms with Crippen LogP contribution in [0, 0.1) is 0 Å². The van der Waals surface area contributed by atoms with Gasteiger partial charge in [0.2, 0.25) is 5.91 Å². The third-order valence-corrected chi connectivity index (χ3v) is 3.52. The SMILES string of the molecule is COCn1cc(NC(=O)Cn2nc(C3CC3)cc2C(F)F)cn1. The largest absolute Gasteiger partial charge is 0.362 e. The van der Waals surface area contributed by atoms with Crippen LogP contribution in [0.3, 0.4) is 0 Å². The lowest BCUT2D eigenvalue weighted by Gasteiger charge is -2.06. The third-order valence-electron chi connectivity index (χ3n) is 3.52. The van der Waals surface area contributed by atoms with Gasteiger partial charge in [-0.3, -0.25) is 9.48 Å². The molecule has 1 saturated carbocycles. The Balaban J connectivity index is 1.66. The van der Waals surface area contributed by atoms with E-state index >= 15 is 0 Å². The quantitative estimate of drug-likeness (QED) is 0.846. The average molecular weight is 325 g/mol. The zero-order chi connectivity index (χ0) is 16.4. The first-order valence-corrected chi connectivity index (χ1v) is 7.24. The fourth-order valence-corrected chi connectivity index (χ4v) is 2.30. The molecule has 9 heteroatoms. The number of hydrogen-bond donors (Lipinski definition) is 1. The van der Waals surface area contributed by atoms with Gasteiger partial charge in [0.1, 0.15) is 19.0 Å². The van der Waals surface area contributed by atoms with E-state index in [1.807, 2.05) is 0 Å². The Bertz CT molecular complexity index is 693. The predicted molar refractivity (Wildman–Crippen MR) is 77.0 cm³/mol. The number of anilines is 1. The van der Waals surface area contributed by atoms with Crippen LogP contribution in [-0.4, -0.2) is 32.6 Å². The maximum absolute atomic E-state index is 13.1. The summed E-state index contributed by atoms with van der Waals surface area (Å²) in [6.45, 7) is -0.00282. The molecule has 124 valence electrons. The number of nitrogens with one attached hydrogen (secondary N) is 1. The molecule has 2 heterocycles. The van der Waals surface area contributed by atoms with Crippen molar-refractivity contribution >= 4 is 11.6 Å². The minimum Gasteiger partial charge on any atom is -0.362 e. The summed E-state index contributed by atoms with van der Waals surface area (Å²) in [6, 6.07) is 1.40. The van der Waals surface area contributed by atoms with E-state index in [0.717, 1.165) is 17.5 Å².